The van der Waals surface area contributed by atoms with Crippen LogP contribution in [0, 0.1) is 5.82 Å². The maximum atomic E-state index is 13.0. The lowest BCUT2D eigenvalue weighted by molar-refractivity contribution is -0.119. The Labute approximate surface area is 157 Å². The molecule has 0 unspecified atom stereocenters. The van der Waals surface area contributed by atoms with Crippen LogP contribution in [-0.2, 0) is 9.53 Å². The van der Waals surface area contributed by atoms with Crippen molar-refractivity contribution < 1.29 is 18.7 Å². The third-order valence-electron chi connectivity index (χ3n) is 3.27. The van der Waals surface area contributed by atoms with Gasteiger partial charge in [-0.25, -0.2) is 14.2 Å². The highest BCUT2D eigenvalue weighted by molar-refractivity contribution is 7.13. The van der Waals surface area contributed by atoms with Crippen LogP contribution in [-0.4, -0.2) is 23.5 Å². The van der Waals surface area contributed by atoms with Gasteiger partial charge in [0.25, 0.3) is 5.91 Å². The molecule has 0 aliphatic carbocycles. The normalized spacial score (nSPS) is 10.4. The van der Waals surface area contributed by atoms with Crippen LogP contribution in [0.25, 0.3) is 10.6 Å². The standard InChI is InChI=1S/C18H12ClFN2O3S/c19-12-3-7-14(8-4-12)21-16(23)9-25-18(24)15-10-26-17(22-15)11-1-5-13(20)6-2-11/h1-8,10H,9H2,(H,21,23). The van der Waals surface area contributed by atoms with Crippen molar-refractivity contribution in [2.24, 2.45) is 0 Å². The van der Waals surface area contributed by atoms with E-state index in [9.17, 15) is 14.0 Å². The lowest BCUT2D eigenvalue weighted by atomic mass is 10.2. The first-order chi connectivity index (χ1) is 12.5. The fourth-order valence-electron chi connectivity index (χ4n) is 2.03. The molecule has 3 rings (SSSR count). The molecule has 0 aliphatic rings. The van der Waals surface area contributed by atoms with Crippen LogP contribution in [0.5, 0.6) is 0 Å². The highest BCUT2D eigenvalue weighted by Crippen LogP contribution is 2.24. The second-order valence-corrected chi connectivity index (χ2v) is 6.47. The topological polar surface area (TPSA) is 68.3 Å². The van der Waals surface area contributed by atoms with Gasteiger partial charge in [-0.05, 0) is 48.5 Å². The monoisotopic (exact) mass is 390 g/mol. The first-order valence-corrected chi connectivity index (χ1v) is 8.71. The van der Waals surface area contributed by atoms with E-state index in [2.05, 4.69) is 10.3 Å². The van der Waals surface area contributed by atoms with Gasteiger partial charge in [0, 0.05) is 21.7 Å². The molecule has 2 aromatic carbocycles. The minimum absolute atomic E-state index is 0.0913. The van der Waals surface area contributed by atoms with Crippen LogP contribution in [0.2, 0.25) is 5.02 Å². The number of esters is 1. The van der Waals surface area contributed by atoms with E-state index in [4.69, 9.17) is 16.3 Å². The van der Waals surface area contributed by atoms with Crippen molar-refractivity contribution in [1.29, 1.82) is 0 Å². The molecule has 0 aliphatic heterocycles. The van der Waals surface area contributed by atoms with Gasteiger partial charge in [-0.3, -0.25) is 4.79 Å². The number of benzene rings is 2. The molecule has 26 heavy (non-hydrogen) atoms. The van der Waals surface area contributed by atoms with Gasteiger partial charge in [0.05, 0.1) is 0 Å². The Hall–Kier alpha value is -2.77. The molecular formula is C18H12ClFN2O3S. The summed E-state index contributed by atoms with van der Waals surface area (Å²) in [6.07, 6.45) is 0. The zero-order valence-electron chi connectivity index (χ0n) is 13.2. The van der Waals surface area contributed by atoms with Gasteiger partial charge in [0.2, 0.25) is 0 Å². The summed E-state index contributed by atoms with van der Waals surface area (Å²) in [6.45, 7) is -0.440. The second-order valence-electron chi connectivity index (χ2n) is 5.18. The van der Waals surface area contributed by atoms with Crippen LogP contribution < -0.4 is 5.32 Å². The minimum atomic E-state index is -0.708. The first-order valence-electron chi connectivity index (χ1n) is 7.45. The summed E-state index contributed by atoms with van der Waals surface area (Å²) in [5, 5.41) is 5.22. The molecule has 0 saturated heterocycles. The summed E-state index contributed by atoms with van der Waals surface area (Å²) in [7, 11) is 0. The maximum Gasteiger partial charge on any atom is 0.358 e. The van der Waals surface area contributed by atoms with E-state index in [1.807, 2.05) is 0 Å². The smallest absolute Gasteiger partial charge is 0.358 e. The number of ether oxygens (including phenoxy) is 1. The molecule has 3 aromatic rings. The highest BCUT2D eigenvalue weighted by atomic mass is 35.5. The van der Waals surface area contributed by atoms with E-state index in [-0.39, 0.29) is 11.5 Å². The summed E-state index contributed by atoms with van der Waals surface area (Å²) in [5.41, 5.74) is 1.33. The Morgan fingerprint density at radius 1 is 1.12 bits per heavy atom. The lowest BCUT2D eigenvalue weighted by Crippen LogP contribution is -2.21. The van der Waals surface area contributed by atoms with Crippen LogP contribution >= 0.6 is 22.9 Å². The van der Waals surface area contributed by atoms with E-state index >= 15 is 0 Å². The van der Waals surface area contributed by atoms with Crippen molar-refractivity contribution in [2.75, 3.05) is 11.9 Å². The second kappa shape index (κ2) is 8.07. The maximum absolute atomic E-state index is 13.0. The molecule has 8 heteroatoms. The van der Waals surface area contributed by atoms with E-state index in [1.165, 1.54) is 28.8 Å². The van der Waals surface area contributed by atoms with Gasteiger partial charge in [-0.1, -0.05) is 11.6 Å². The van der Waals surface area contributed by atoms with Crippen molar-refractivity contribution in [3.8, 4) is 10.6 Å². The zero-order valence-corrected chi connectivity index (χ0v) is 14.8. The van der Waals surface area contributed by atoms with Crippen LogP contribution in [0.1, 0.15) is 10.5 Å². The summed E-state index contributed by atoms with van der Waals surface area (Å²) in [4.78, 5) is 28.0. The molecule has 132 valence electrons. The molecule has 1 N–H and O–H groups in total. The molecule has 0 radical (unpaired) electrons. The number of hydrogen-bond acceptors (Lipinski definition) is 5. The summed E-state index contributed by atoms with van der Waals surface area (Å²) < 4.78 is 17.9. The average Bonchev–Trinajstić information content (AvgIpc) is 3.12. The molecule has 0 atom stereocenters. The third kappa shape index (κ3) is 4.65. The van der Waals surface area contributed by atoms with Gasteiger partial charge in [0.15, 0.2) is 12.3 Å². The average molecular weight is 391 g/mol. The Kier molecular flexibility index (Phi) is 5.60. The van der Waals surface area contributed by atoms with E-state index in [1.54, 1.807) is 36.4 Å². The number of nitrogens with zero attached hydrogens (tertiary/aromatic N) is 1. The molecule has 5 nitrogen and oxygen atoms in total. The SMILES string of the molecule is O=C(COC(=O)c1csc(-c2ccc(F)cc2)n1)Nc1ccc(Cl)cc1. The number of carbonyl (C=O) groups excluding carboxylic acids is 2. The van der Waals surface area contributed by atoms with E-state index in [0.717, 1.165) is 0 Å². The Balaban J connectivity index is 1.55. The fourth-order valence-corrected chi connectivity index (χ4v) is 2.95. The molecule has 0 spiro atoms. The number of thiazole rings is 1. The van der Waals surface area contributed by atoms with Crippen molar-refractivity contribution >= 4 is 40.5 Å². The summed E-state index contributed by atoms with van der Waals surface area (Å²) in [5.74, 6) is -1.54. The molecule has 0 fully saturated rings. The van der Waals surface area contributed by atoms with E-state index < -0.39 is 18.5 Å². The number of hydrogen-bond donors (Lipinski definition) is 1. The van der Waals surface area contributed by atoms with Gasteiger partial charge >= 0.3 is 5.97 Å². The van der Waals surface area contributed by atoms with Crippen molar-refractivity contribution in [2.45, 2.75) is 0 Å². The van der Waals surface area contributed by atoms with Gasteiger partial charge in [0.1, 0.15) is 10.8 Å². The number of nitrogens with one attached hydrogen (secondary N) is 1. The quantitative estimate of drug-likeness (QED) is 0.656. The highest BCUT2D eigenvalue weighted by Gasteiger charge is 2.15. The molecule has 0 bridgehead atoms. The molecule has 1 heterocycles. The molecular weight excluding hydrogens is 379 g/mol. The summed E-state index contributed by atoms with van der Waals surface area (Å²) >= 11 is 6.99. The fraction of sp³-hybridized carbons (Fsp3) is 0.0556. The Morgan fingerprint density at radius 3 is 2.50 bits per heavy atom. The van der Waals surface area contributed by atoms with Crippen LogP contribution in [0.3, 0.4) is 0 Å². The van der Waals surface area contributed by atoms with Gasteiger partial charge < -0.3 is 10.1 Å². The van der Waals surface area contributed by atoms with Crippen LogP contribution in [0.15, 0.2) is 53.9 Å². The van der Waals surface area contributed by atoms with Crippen molar-refractivity contribution in [3.05, 3.63) is 70.4 Å². The number of anilines is 1. The van der Waals surface area contributed by atoms with Gasteiger partial charge in [-0.15, -0.1) is 11.3 Å². The predicted molar refractivity (Wildman–Crippen MR) is 97.9 cm³/mol. The number of carbonyl (C=O) groups is 2. The van der Waals surface area contributed by atoms with Crippen molar-refractivity contribution in [1.82, 2.24) is 4.98 Å². The van der Waals surface area contributed by atoms with Crippen LogP contribution in [0.4, 0.5) is 10.1 Å². The number of amides is 1. The minimum Gasteiger partial charge on any atom is -0.451 e. The third-order valence-corrected chi connectivity index (χ3v) is 4.41. The number of aromatic nitrogens is 1. The Bertz CT molecular complexity index is 926. The number of halogens is 2. The Morgan fingerprint density at radius 2 is 1.81 bits per heavy atom. The largest absolute Gasteiger partial charge is 0.451 e. The first kappa shape index (κ1) is 18.0. The zero-order chi connectivity index (χ0) is 18.5. The number of rotatable bonds is 5. The van der Waals surface area contributed by atoms with Crippen molar-refractivity contribution in [3.63, 3.8) is 0 Å². The summed E-state index contributed by atoms with van der Waals surface area (Å²) in [6, 6.07) is 12.3. The molecule has 1 amide bonds. The lowest BCUT2D eigenvalue weighted by Gasteiger charge is -2.05. The van der Waals surface area contributed by atoms with Gasteiger partial charge in [-0.2, -0.15) is 0 Å². The molecule has 0 saturated carbocycles. The molecule has 1 aromatic heterocycles. The van der Waals surface area contributed by atoms with E-state index in [0.29, 0.717) is 21.3 Å². The predicted octanol–water partition coefficient (Wildman–Crippen LogP) is 4.40.